The topological polar surface area (TPSA) is 48.1 Å². The van der Waals surface area contributed by atoms with Crippen molar-refractivity contribution < 1.29 is 4.74 Å². The molecule has 92 valence electrons. The van der Waals surface area contributed by atoms with Crippen molar-refractivity contribution in [3.8, 4) is 0 Å². The second-order valence-electron chi connectivity index (χ2n) is 5.41. The third-order valence-corrected chi connectivity index (χ3v) is 4.32. The Hall–Kier alpha value is -1.09. The van der Waals surface area contributed by atoms with Crippen LogP contribution in [0.3, 0.4) is 0 Å². The Balaban J connectivity index is 1.82. The van der Waals surface area contributed by atoms with Crippen molar-refractivity contribution >= 4 is 5.82 Å². The van der Waals surface area contributed by atoms with Crippen LogP contribution >= 0.6 is 0 Å². The van der Waals surface area contributed by atoms with E-state index in [9.17, 15) is 0 Å². The first-order chi connectivity index (χ1) is 8.29. The minimum Gasteiger partial charge on any atom is -0.383 e. The standard InChI is InChI=1S/C14H20N2O/c15-13-12(4-3-8-16-13)11-5-9-17-14(10-11)6-1-2-7-14/h3-4,8,11H,1-2,5-7,9-10H2,(H2,15,16). The Morgan fingerprint density at radius 2 is 2.18 bits per heavy atom. The molecule has 2 aliphatic rings. The molecule has 1 unspecified atom stereocenters. The lowest BCUT2D eigenvalue weighted by Gasteiger charge is -2.38. The zero-order chi connectivity index (χ0) is 11.7. The molecule has 1 saturated heterocycles. The summed E-state index contributed by atoms with van der Waals surface area (Å²) in [6.07, 6.45) is 9.06. The zero-order valence-electron chi connectivity index (χ0n) is 10.2. The van der Waals surface area contributed by atoms with Gasteiger partial charge in [0.25, 0.3) is 0 Å². The molecule has 2 heterocycles. The van der Waals surface area contributed by atoms with Crippen molar-refractivity contribution in [2.75, 3.05) is 12.3 Å². The molecule has 3 nitrogen and oxygen atoms in total. The highest BCUT2D eigenvalue weighted by atomic mass is 16.5. The van der Waals surface area contributed by atoms with E-state index in [-0.39, 0.29) is 5.60 Å². The van der Waals surface area contributed by atoms with Gasteiger partial charge in [-0.15, -0.1) is 0 Å². The van der Waals surface area contributed by atoms with E-state index in [4.69, 9.17) is 10.5 Å². The summed E-state index contributed by atoms with van der Waals surface area (Å²) in [5.41, 5.74) is 7.37. The quantitative estimate of drug-likeness (QED) is 0.810. The van der Waals surface area contributed by atoms with E-state index in [0.29, 0.717) is 11.7 Å². The van der Waals surface area contributed by atoms with Gasteiger partial charge in [-0.3, -0.25) is 0 Å². The summed E-state index contributed by atoms with van der Waals surface area (Å²) in [5.74, 6) is 1.24. The first-order valence-electron chi connectivity index (χ1n) is 6.63. The first-order valence-corrected chi connectivity index (χ1v) is 6.63. The Morgan fingerprint density at radius 3 is 2.94 bits per heavy atom. The second kappa shape index (κ2) is 4.30. The van der Waals surface area contributed by atoms with E-state index in [0.717, 1.165) is 19.4 Å². The number of nitrogens with two attached hydrogens (primary N) is 1. The van der Waals surface area contributed by atoms with E-state index < -0.39 is 0 Å². The fourth-order valence-corrected chi connectivity index (χ4v) is 3.44. The maximum atomic E-state index is 6.06. The minimum absolute atomic E-state index is 0.158. The summed E-state index contributed by atoms with van der Waals surface area (Å²) in [4.78, 5) is 4.21. The predicted molar refractivity (Wildman–Crippen MR) is 67.8 cm³/mol. The molecule has 2 N–H and O–H groups in total. The third kappa shape index (κ3) is 2.04. The molecular formula is C14H20N2O. The maximum Gasteiger partial charge on any atom is 0.126 e. The maximum absolute atomic E-state index is 6.06. The Kier molecular flexibility index (Phi) is 2.79. The highest BCUT2D eigenvalue weighted by Crippen LogP contribution is 2.45. The average Bonchev–Trinajstić information content (AvgIpc) is 2.78. The molecule has 17 heavy (non-hydrogen) atoms. The smallest absolute Gasteiger partial charge is 0.126 e. The van der Waals surface area contributed by atoms with Gasteiger partial charge in [0.1, 0.15) is 5.82 Å². The number of nitrogens with zero attached hydrogens (tertiary/aromatic N) is 1. The zero-order valence-corrected chi connectivity index (χ0v) is 10.2. The number of nitrogen functional groups attached to an aromatic ring is 1. The van der Waals surface area contributed by atoms with Crippen LogP contribution in [0.15, 0.2) is 18.3 Å². The second-order valence-corrected chi connectivity index (χ2v) is 5.41. The SMILES string of the molecule is Nc1ncccc1C1CCOC2(CCCC2)C1. The monoisotopic (exact) mass is 232 g/mol. The molecule has 0 amide bonds. The van der Waals surface area contributed by atoms with Crippen LogP contribution in [0, 0.1) is 0 Å². The van der Waals surface area contributed by atoms with Crippen LogP contribution in [0.1, 0.15) is 50.0 Å². The van der Waals surface area contributed by atoms with Crippen molar-refractivity contribution in [1.29, 1.82) is 0 Å². The van der Waals surface area contributed by atoms with Gasteiger partial charge in [0, 0.05) is 12.8 Å². The van der Waals surface area contributed by atoms with E-state index >= 15 is 0 Å². The van der Waals surface area contributed by atoms with Gasteiger partial charge in [0.05, 0.1) is 5.60 Å². The van der Waals surface area contributed by atoms with Crippen LogP contribution < -0.4 is 5.73 Å². The van der Waals surface area contributed by atoms with Crippen LogP contribution in [0.25, 0.3) is 0 Å². The van der Waals surface area contributed by atoms with Crippen molar-refractivity contribution in [3.05, 3.63) is 23.9 Å². The summed E-state index contributed by atoms with van der Waals surface area (Å²) >= 11 is 0. The molecule has 0 aromatic carbocycles. The molecule has 1 spiro atoms. The van der Waals surface area contributed by atoms with Crippen LogP contribution in [0.2, 0.25) is 0 Å². The number of anilines is 1. The first kappa shape index (κ1) is 11.0. The Morgan fingerprint density at radius 1 is 1.35 bits per heavy atom. The molecule has 1 saturated carbocycles. The molecule has 0 bridgehead atoms. The lowest BCUT2D eigenvalue weighted by atomic mass is 9.81. The molecule has 1 aromatic heterocycles. The number of hydrogen-bond donors (Lipinski definition) is 1. The minimum atomic E-state index is 0.158. The van der Waals surface area contributed by atoms with Crippen LogP contribution in [0.5, 0.6) is 0 Å². The van der Waals surface area contributed by atoms with Gasteiger partial charge >= 0.3 is 0 Å². The molecule has 3 rings (SSSR count). The molecular weight excluding hydrogens is 212 g/mol. The molecule has 3 heteroatoms. The highest BCUT2D eigenvalue weighted by molar-refractivity contribution is 5.41. The number of rotatable bonds is 1. The largest absolute Gasteiger partial charge is 0.383 e. The van der Waals surface area contributed by atoms with Crippen molar-refractivity contribution in [2.45, 2.75) is 50.0 Å². The van der Waals surface area contributed by atoms with E-state index in [1.165, 1.54) is 31.2 Å². The van der Waals surface area contributed by atoms with Gasteiger partial charge in [0.15, 0.2) is 0 Å². The van der Waals surface area contributed by atoms with Crippen molar-refractivity contribution in [1.82, 2.24) is 4.98 Å². The summed E-state index contributed by atoms with van der Waals surface area (Å²) in [6.45, 7) is 0.874. The lowest BCUT2D eigenvalue weighted by molar-refractivity contribution is -0.0804. The summed E-state index contributed by atoms with van der Waals surface area (Å²) in [7, 11) is 0. The summed E-state index contributed by atoms with van der Waals surface area (Å²) in [6, 6.07) is 4.11. The van der Waals surface area contributed by atoms with Gasteiger partial charge in [-0.05, 0) is 43.2 Å². The number of hydrogen-bond acceptors (Lipinski definition) is 3. The van der Waals surface area contributed by atoms with Gasteiger partial charge < -0.3 is 10.5 Å². The highest BCUT2D eigenvalue weighted by Gasteiger charge is 2.40. The number of pyridine rings is 1. The Bertz CT molecular complexity index is 399. The lowest BCUT2D eigenvalue weighted by Crippen LogP contribution is -2.36. The van der Waals surface area contributed by atoms with Gasteiger partial charge in [-0.25, -0.2) is 4.98 Å². The molecule has 0 radical (unpaired) electrons. The predicted octanol–water partition coefficient (Wildman–Crippen LogP) is 2.87. The van der Waals surface area contributed by atoms with Crippen molar-refractivity contribution in [3.63, 3.8) is 0 Å². The van der Waals surface area contributed by atoms with Gasteiger partial charge in [-0.2, -0.15) is 0 Å². The van der Waals surface area contributed by atoms with Crippen LogP contribution in [-0.2, 0) is 4.74 Å². The molecule has 1 aromatic rings. The number of ether oxygens (including phenoxy) is 1. The summed E-state index contributed by atoms with van der Waals surface area (Å²) < 4.78 is 6.06. The van der Waals surface area contributed by atoms with Crippen molar-refractivity contribution in [2.24, 2.45) is 0 Å². The van der Waals surface area contributed by atoms with Gasteiger partial charge in [0.2, 0.25) is 0 Å². The normalized spacial score (nSPS) is 27.4. The molecule has 1 aliphatic carbocycles. The van der Waals surface area contributed by atoms with Crippen LogP contribution in [0.4, 0.5) is 5.82 Å². The fourth-order valence-electron chi connectivity index (χ4n) is 3.44. The van der Waals surface area contributed by atoms with Crippen LogP contribution in [-0.4, -0.2) is 17.2 Å². The third-order valence-electron chi connectivity index (χ3n) is 4.32. The van der Waals surface area contributed by atoms with E-state index in [1.54, 1.807) is 6.20 Å². The number of aromatic nitrogens is 1. The summed E-state index contributed by atoms with van der Waals surface area (Å²) in [5, 5.41) is 0. The van der Waals surface area contributed by atoms with E-state index in [2.05, 4.69) is 11.1 Å². The fraction of sp³-hybridized carbons (Fsp3) is 0.643. The average molecular weight is 232 g/mol. The van der Waals surface area contributed by atoms with E-state index in [1.807, 2.05) is 6.07 Å². The molecule has 1 atom stereocenters. The molecule has 1 aliphatic heterocycles. The Labute approximate surface area is 102 Å². The molecule has 2 fully saturated rings. The van der Waals surface area contributed by atoms with Gasteiger partial charge in [-0.1, -0.05) is 18.9 Å².